The maximum Gasteiger partial charge on any atom is 0.323 e. The van der Waals surface area contributed by atoms with Gasteiger partial charge in [-0.1, -0.05) is 0 Å². The lowest BCUT2D eigenvalue weighted by Gasteiger charge is -2.30. The van der Waals surface area contributed by atoms with Crippen molar-refractivity contribution in [2.75, 3.05) is 19.7 Å². The molecule has 0 amide bonds. The molecule has 0 radical (unpaired) electrons. The number of esters is 1. The molecule has 0 aromatic rings. The van der Waals surface area contributed by atoms with E-state index in [-0.39, 0.29) is 24.4 Å². The monoisotopic (exact) mass is 219 g/mol. The Balaban J connectivity index is 0.000000980. The summed E-state index contributed by atoms with van der Waals surface area (Å²) < 4.78 is 5.08. The van der Waals surface area contributed by atoms with Gasteiger partial charge in [-0.15, -0.1) is 12.4 Å². The summed E-state index contributed by atoms with van der Waals surface area (Å²) in [6, 6.07) is 0.0914. The minimum Gasteiger partial charge on any atom is -0.465 e. The molecule has 0 aromatic carbocycles. The molecule has 4 heteroatoms. The first-order chi connectivity index (χ1) is 6.33. The Labute approximate surface area is 91.2 Å². The Morgan fingerprint density at radius 1 is 1.43 bits per heavy atom. The molecule has 0 N–H and O–H groups in total. The molecule has 2 heterocycles. The standard InChI is InChI=1S/C10H17NO2.ClH/c1-2-13-10(12)9-8-4-3-6-11(9)7-5-8;/h8-9H,2-7H2,1H3;1H. The van der Waals surface area contributed by atoms with Crippen molar-refractivity contribution in [2.45, 2.75) is 32.2 Å². The Bertz CT molecular complexity index is 194. The molecule has 3 unspecified atom stereocenters. The maximum atomic E-state index is 11.6. The van der Waals surface area contributed by atoms with Crippen LogP contribution in [0.3, 0.4) is 0 Å². The number of rotatable bonds is 2. The molecule has 2 saturated heterocycles. The van der Waals surface area contributed by atoms with E-state index in [9.17, 15) is 4.79 Å². The second kappa shape index (κ2) is 4.99. The second-order valence-electron chi connectivity index (χ2n) is 3.92. The molecule has 0 aromatic heterocycles. The maximum absolute atomic E-state index is 11.6. The highest BCUT2D eigenvalue weighted by Crippen LogP contribution is 2.33. The molecule has 3 atom stereocenters. The van der Waals surface area contributed by atoms with Gasteiger partial charge in [-0.25, -0.2) is 0 Å². The van der Waals surface area contributed by atoms with Crippen LogP contribution in [0.15, 0.2) is 0 Å². The topological polar surface area (TPSA) is 29.5 Å². The SMILES string of the molecule is CCOC(=O)C1C2CCCN1CC2.Cl. The molecule has 0 saturated carbocycles. The summed E-state index contributed by atoms with van der Waals surface area (Å²) >= 11 is 0. The van der Waals surface area contributed by atoms with Crippen LogP contribution >= 0.6 is 12.4 Å². The van der Waals surface area contributed by atoms with Crippen LogP contribution in [0, 0.1) is 5.92 Å². The van der Waals surface area contributed by atoms with Crippen molar-refractivity contribution in [2.24, 2.45) is 5.92 Å². The number of ether oxygens (including phenoxy) is 1. The van der Waals surface area contributed by atoms with E-state index in [0.29, 0.717) is 12.5 Å². The first kappa shape index (κ1) is 11.8. The molecule has 2 rings (SSSR count). The number of carbonyl (C=O) groups is 1. The van der Waals surface area contributed by atoms with E-state index in [1.165, 1.54) is 19.3 Å². The van der Waals surface area contributed by atoms with Gasteiger partial charge in [0.1, 0.15) is 6.04 Å². The fourth-order valence-electron chi connectivity index (χ4n) is 2.61. The van der Waals surface area contributed by atoms with E-state index in [0.717, 1.165) is 13.1 Å². The van der Waals surface area contributed by atoms with Gasteiger partial charge in [0.15, 0.2) is 0 Å². The summed E-state index contributed by atoms with van der Waals surface area (Å²) in [6.07, 6.45) is 3.64. The predicted molar refractivity (Wildman–Crippen MR) is 56.6 cm³/mol. The van der Waals surface area contributed by atoms with Gasteiger partial charge < -0.3 is 4.74 Å². The van der Waals surface area contributed by atoms with Crippen LogP contribution < -0.4 is 0 Å². The minimum absolute atomic E-state index is 0. The Morgan fingerprint density at radius 3 is 2.86 bits per heavy atom. The van der Waals surface area contributed by atoms with Gasteiger partial charge in [0.2, 0.25) is 0 Å². The second-order valence-corrected chi connectivity index (χ2v) is 3.92. The van der Waals surface area contributed by atoms with Crippen molar-refractivity contribution >= 4 is 18.4 Å². The highest BCUT2D eigenvalue weighted by Gasteiger charge is 2.42. The third-order valence-corrected chi connectivity index (χ3v) is 3.18. The van der Waals surface area contributed by atoms with Gasteiger partial charge >= 0.3 is 5.97 Å². The molecular formula is C10H18ClNO2. The highest BCUT2D eigenvalue weighted by molar-refractivity contribution is 5.85. The molecule has 0 spiro atoms. The lowest BCUT2D eigenvalue weighted by Crippen LogP contribution is -2.44. The number of carbonyl (C=O) groups excluding carboxylic acids is 1. The molecule has 0 aliphatic carbocycles. The first-order valence-corrected chi connectivity index (χ1v) is 5.23. The number of hydrogen-bond donors (Lipinski definition) is 0. The number of nitrogens with zero attached hydrogens (tertiary/aromatic N) is 1. The van der Waals surface area contributed by atoms with E-state index >= 15 is 0 Å². The van der Waals surface area contributed by atoms with Crippen LogP contribution in [0.4, 0.5) is 0 Å². The zero-order valence-corrected chi connectivity index (χ0v) is 9.39. The highest BCUT2D eigenvalue weighted by atomic mass is 35.5. The van der Waals surface area contributed by atoms with Gasteiger partial charge in [0.25, 0.3) is 0 Å². The molecular weight excluding hydrogens is 202 g/mol. The smallest absolute Gasteiger partial charge is 0.323 e. The minimum atomic E-state index is 0. The third-order valence-electron chi connectivity index (χ3n) is 3.18. The molecule has 14 heavy (non-hydrogen) atoms. The largest absolute Gasteiger partial charge is 0.465 e. The van der Waals surface area contributed by atoms with Crippen molar-refractivity contribution in [3.05, 3.63) is 0 Å². The molecule has 82 valence electrons. The first-order valence-electron chi connectivity index (χ1n) is 5.23. The average molecular weight is 220 g/mol. The summed E-state index contributed by atoms with van der Waals surface area (Å²) in [5.41, 5.74) is 0. The molecule has 2 aliphatic rings. The summed E-state index contributed by atoms with van der Waals surface area (Å²) in [7, 11) is 0. The van der Waals surface area contributed by atoms with E-state index in [1.54, 1.807) is 0 Å². The fraction of sp³-hybridized carbons (Fsp3) is 0.900. The average Bonchev–Trinajstić information content (AvgIpc) is 2.37. The zero-order valence-electron chi connectivity index (χ0n) is 8.57. The van der Waals surface area contributed by atoms with Crippen molar-refractivity contribution in [3.8, 4) is 0 Å². The van der Waals surface area contributed by atoms with Crippen molar-refractivity contribution in [3.63, 3.8) is 0 Å². The Hall–Kier alpha value is -0.280. The van der Waals surface area contributed by atoms with Crippen molar-refractivity contribution in [1.29, 1.82) is 0 Å². The van der Waals surface area contributed by atoms with Crippen molar-refractivity contribution in [1.82, 2.24) is 4.90 Å². The van der Waals surface area contributed by atoms with Gasteiger partial charge in [-0.05, 0) is 45.2 Å². The van der Waals surface area contributed by atoms with Crippen molar-refractivity contribution < 1.29 is 9.53 Å². The molecule has 2 bridgehead atoms. The fourth-order valence-corrected chi connectivity index (χ4v) is 2.61. The molecule has 3 nitrogen and oxygen atoms in total. The van der Waals surface area contributed by atoms with Crippen LogP contribution in [-0.4, -0.2) is 36.6 Å². The van der Waals surface area contributed by atoms with Gasteiger partial charge in [0, 0.05) is 0 Å². The Kier molecular flexibility index (Phi) is 4.20. The predicted octanol–water partition coefficient (Wildman–Crippen LogP) is 1.46. The number of fused-ring (bicyclic) bond motifs is 2. The van der Waals surface area contributed by atoms with E-state index in [2.05, 4.69) is 4.90 Å². The number of piperidine rings is 1. The molecule has 2 aliphatic heterocycles. The van der Waals surface area contributed by atoms with Crippen LogP contribution in [0.5, 0.6) is 0 Å². The van der Waals surface area contributed by atoms with Crippen LogP contribution in [0.25, 0.3) is 0 Å². The van der Waals surface area contributed by atoms with Gasteiger partial charge in [-0.3, -0.25) is 9.69 Å². The van der Waals surface area contributed by atoms with Crippen LogP contribution in [0.1, 0.15) is 26.2 Å². The Morgan fingerprint density at radius 2 is 2.21 bits per heavy atom. The van der Waals surface area contributed by atoms with E-state index in [4.69, 9.17) is 4.74 Å². The van der Waals surface area contributed by atoms with Gasteiger partial charge in [0.05, 0.1) is 6.61 Å². The number of hydrogen-bond acceptors (Lipinski definition) is 3. The van der Waals surface area contributed by atoms with E-state index < -0.39 is 0 Å². The summed E-state index contributed by atoms with van der Waals surface area (Å²) in [4.78, 5) is 13.9. The van der Waals surface area contributed by atoms with E-state index in [1.807, 2.05) is 6.92 Å². The van der Waals surface area contributed by atoms with Gasteiger partial charge in [-0.2, -0.15) is 0 Å². The lowest BCUT2D eigenvalue weighted by molar-refractivity contribution is -0.150. The zero-order chi connectivity index (χ0) is 9.26. The summed E-state index contributed by atoms with van der Waals surface area (Å²) in [5.74, 6) is 0.581. The summed E-state index contributed by atoms with van der Waals surface area (Å²) in [6.45, 7) is 4.56. The number of halogens is 1. The van der Waals surface area contributed by atoms with Crippen LogP contribution in [0.2, 0.25) is 0 Å². The third kappa shape index (κ3) is 2.04. The quantitative estimate of drug-likeness (QED) is 0.659. The lowest BCUT2D eigenvalue weighted by atomic mass is 9.92. The normalized spacial score (nSPS) is 34.8. The van der Waals surface area contributed by atoms with Crippen LogP contribution in [-0.2, 0) is 9.53 Å². The summed E-state index contributed by atoms with van der Waals surface area (Å²) in [5, 5.41) is 0. The molecule has 2 fully saturated rings.